The van der Waals surface area contributed by atoms with Gasteiger partial charge >= 0.3 is 5.97 Å². The lowest BCUT2D eigenvalue weighted by Gasteiger charge is -2.73. The minimum Gasteiger partial charge on any atom is -0.432 e. The standard InChI is InChI=1S/C48H76O19/c1-19(2)21-9-12-48(14-13-45(6)22(29(21)48)15-23(50)39-46(45,7)11-10-26-44(4,5)27(51)16-28(52)47(26,39)8)43(61)67-42-36(59)33(56)31(54)25(65-42)18-62-40-37(60)34(57)38(24(17-49)64-40)66-41-35(58)32(55)30(53)20(3)63-41/h20-26,28-42,49-50,52-60H,1,9-18H2,2-8H3. The molecule has 382 valence electrons. The number of ether oxygens (including phenoxy) is 6. The molecule has 5 saturated carbocycles. The summed E-state index contributed by atoms with van der Waals surface area (Å²) in [6.07, 6.45) is -22.5. The van der Waals surface area contributed by atoms with E-state index in [2.05, 4.69) is 27.4 Å². The van der Waals surface area contributed by atoms with Crippen LogP contribution < -0.4 is 0 Å². The van der Waals surface area contributed by atoms with Gasteiger partial charge in [0, 0.05) is 17.3 Å². The number of carbonyl (C=O) groups excluding carboxylic acids is 2. The molecular weight excluding hydrogens is 881 g/mol. The van der Waals surface area contributed by atoms with E-state index < -0.39 is 151 Å². The highest BCUT2D eigenvalue weighted by molar-refractivity contribution is 5.86. The molecule has 19 nitrogen and oxygen atoms in total. The van der Waals surface area contributed by atoms with Gasteiger partial charge in [-0.3, -0.25) is 9.59 Å². The Bertz CT molecular complexity index is 1870. The second kappa shape index (κ2) is 18.1. The van der Waals surface area contributed by atoms with E-state index in [0.29, 0.717) is 38.5 Å². The maximum absolute atomic E-state index is 15.0. The highest BCUT2D eigenvalue weighted by atomic mass is 16.8. The number of aliphatic hydroxyl groups excluding tert-OH is 11. The van der Waals surface area contributed by atoms with Gasteiger partial charge in [0.2, 0.25) is 6.29 Å². The Morgan fingerprint density at radius 3 is 2.01 bits per heavy atom. The van der Waals surface area contributed by atoms with Gasteiger partial charge in [-0.2, -0.15) is 0 Å². The third-order valence-electron chi connectivity index (χ3n) is 19.5. The lowest BCUT2D eigenvalue weighted by molar-refractivity contribution is -0.361. The number of allylic oxidation sites excluding steroid dienone is 1. The minimum atomic E-state index is -1.89. The molecule has 26 unspecified atom stereocenters. The van der Waals surface area contributed by atoms with E-state index in [1.54, 1.807) is 0 Å². The van der Waals surface area contributed by atoms with Gasteiger partial charge in [-0.25, -0.2) is 0 Å². The van der Waals surface area contributed by atoms with Crippen molar-refractivity contribution in [3.63, 3.8) is 0 Å². The van der Waals surface area contributed by atoms with Crippen LogP contribution in [0.4, 0.5) is 0 Å². The first-order valence-electron chi connectivity index (χ1n) is 24.3. The Hall–Kier alpha value is -1.76. The highest BCUT2D eigenvalue weighted by Gasteiger charge is 2.75. The molecule has 8 fully saturated rings. The monoisotopic (exact) mass is 956 g/mol. The average molecular weight is 957 g/mol. The molecule has 0 aromatic rings. The summed E-state index contributed by atoms with van der Waals surface area (Å²) in [7, 11) is 0. The van der Waals surface area contributed by atoms with Crippen LogP contribution in [0.1, 0.15) is 99.8 Å². The summed E-state index contributed by atoms with van der Waals surface area (Å²) in [4.78, 5) is 28.3. The Balaban J connectivity index is 0.983. The van der Waals surface area contributed by atoms with Crippen LogP contribution in [0.5, 0.6) is 0 Å². The van der Waals surface area contributed by atoms with E-state index in [1.165, 1.54) is 6.92 Å². The van der Waals surface area contributed by atoms with Crippen molar-refractivity contribution in [1.82, 2.24) is 0 Å². The van der Waals surface area contributed by atoms with Crippen LogP contribution in [-0.2, 0) is 38.0 Å². The van der Waals surface area contributed by atoms with Crippen molar-refractivity contribution in [3.05, 3.63) is 12.2 Å². The van der Waals surface area contributed by atoms with Crippen LogP contribution in [0.25, 0.3) is 0 Å². The van der Waals surface area contributed by atoms with Gasteiger partial charge in [0.15, 0.2) is 12.6 Å². The Morgan fingerprint density at radius 1 is 0.731 bits per heavy atom. The van der Waals surface area contributed by atoms with Crippen molar-refractivity contribution >= 4 is 11.8 Å². The average Bonchev–Trinajstić information content (AvgIpc) is 3.68. The van der Waals surface area contributed by atoms with Gasteiger partial charge in [-0.1, -0.05) is 46.8 Å². The molecule has 0 radical (unpaired) electrons. The predicted molar refractivity (Wildman–Crippen MR) is 230 cm³/mol. The predicted octanol–water partition coefficient (Wildman–Crippen LogP) is -0.826. The molecule has 3 aliphatic heterocycles. The number of hydrogen-bond donors (Lipinski definition) is 11. The maximum Gasteiger partial charge on any atom is 0.314 e. The van der Waals surface area contributed by atoms with Crippen LogP contribution in [0.15, 0.2) is 12.2 Å². The summed E-state index contributed by atoms with van der Waals surface area (Å²) in [6, 6.07) is 0. The first-order valence-corrected chi connectivity index (χ1v) is 24.3. The minimum absolute atomic E-state index is 0.0328. The van der Waals surface area contributed by atoms with E-state index in [0.717, 1.165) is 12.0 Å². The fourth-order valence-electron chi connectivity index (χ4n) is 15.5. The summed E-state index contributed by atoms with van der Waals surface area (Å²) in [5.41, 5.74) is -2.52. The second-order valence-electron chi connectivity index (χ2n) is 23.0. The second-order valence-corrected chi connectivity index (χ2v) is 23.0. The molecule has 0 aromatic carbocycles. The molecule has 11 N–H and O–H groups in total. The zero-order valence-corrected chi connectivity index (χ0v) is 39.7. The largest absolute Gasteiger partial charge is 0.432 e. The van der Waals surface area contributed by atoms with Crippen LogP contribution in [0, 0.1) is 56.7 Å². The number of fused-ring (bicyclic) bond motifs is 7. The molecule has 5 aliphatic carbocycles. The zero-order valence-electron chi connectivity index (χ0n) is 39.7. The molecule has 0 aromatic heterocycles. The molecule has 26 atom stereocenters. The Kier molecular flexibility index (Phi) is 13.9. The van der Waals surface area contributed by atoms with Crippen LogP contribution in [0.3, 0.4) is 0 Å². The molecule has 0 bridgehead atoms. The van der Waals surface area contributed by atoms with Crippen molar-refractivity contribution in [3.8, 4) is 0 Å². The third-order valence-corrected chi connectivity index (χ3v) is 19.5. The maximum atomic E-state index is 15.0. The molecule has 8 aliphatic rings. The van der Waals surface area contributed by atoms with Gasteiger partial charge in [-0.15, -0.1) is 0 Å². The summed E-state index contributed by atoms with van der Waals surface area (Å²) in [6.45, 7) is 16.8. The van der Waals surface area contributed by atoms with Crippen LogP contribution in [0.2, 0.25) is 0 Å². The van der Waals surface area contributed by atoms with Crippen LogP contribution in [-0.4, -0.2) is 185 Å². The summed E-state index contributed by atoms with van der Waals surface area (Å²) in [5, 5.41) is 121. The number of esters is 1. The number of carbonyl (C=O) groups is 2. The SMILES string of the molecule is C=C(C)C1CCC2(C(=O)OC3OC(COC4OC(CO)C(OC5OC(C)C(O)C(O)C5O)C(O)C4O)C(O)C(O)C3O)CCC3(C)C(CC(O)C4C5(C)C(O)CC(=O)C(C)(C)C5CCC43C)C12. The molecule has 3 heterocycles. The van der Waals surface area contributed by atoms with E-state index in [1.807, 2.05) is 20.8 Å². The van der Waals surface area contributed by atoms with Crippen molar-refractivity contribution in [1.29, 1.82) is 0 Å². The smallest absolute Gasteiger partial charge is 0.314 e. The van der Waals surface area contributed by atoms with Crippen molar-refractivity contribution < 1.29 is 94.2 Å². The van der Waals surface area contributed by atoms with E-state index in [9.17, 15) is 65.8 Å². The van der Waals surface area contributed by atoms with E-state index >= 15 is 0 Å². The van der Waals surface area contributed by atoms with Gasteiger partial charge in [-0.05, 0) is 99.2 Å². The molecule has 19 heteroatoms. The lowest BCUT2D eigenvalue weighted by atomic mass is 9.31. The quantitative estimate of drug-likeness (QED) is 0.0993. The number of ketones is 1. The van der Waals surface area contributed by atoms with E-state index in [-0.39, 0.29) is 41.8 Å². The number of aliphatic hydroxyl groups is 11. The third kappa shape index (κ3) is 7.75. The van der Waals surface area contributed by atoms with Gasteiger partial charge in [0.25, 0.3) is 0 Å². The summed E-state index contributed by atoms with van der Waals surface area (Å²) < 4.78 is 34.6. The topological polar surface area (TPSA) is 312 Å². The first-order chi connectivity index (χ1) is 31.2. The molecule has 67 heavy (non-hydrogen) atoms. The lowest BCUT2D eigenvalue weighted by Crippen LogP contribution is -2.72. The van der Waals surface area contributed by atoms with Crippen LogP contribution >= 0.6 is 0 Å². The van der Waals surface area contributed by atoms with Gasteiger partial charge in [0.05, 0.1) is 36.9 Å². The van der Waals surface area contributed by atoms with E-state index in [4.69, 9.17) is 28.4 Å². The number of Topliss-reactive ketones (excluding diaryl/α,β-unsaturated/α-hetero) is 1. The fourth-order valence-corrected chi connectivity index (χ4v) is 15.5. The number of rotatable bonds is 9. The summed E-state index contributed by atoms with van der Waals surface area (Å²) >= 11 is 0. The molecule has 0 spiro atoms. The molecule has 3 saturated heterocycles. The summed E-state index contributed by atoms with van der Waals surface area (Å²) in [5.74, 6) is -1.73. The fraction of sp³-hybridized carbons (Fsp3) is 0.917. The van der Waals surface area contributed by atoms with Gasteiger partial charge < -0.3 is 84.6 Å². The first kappa shape index (κ1) is 51.6. The molecule has 8 rings (SSSR count). The van der Waals surface area contributed by atoms with Gasteiger partial charge in [0.1, 0.15) is 72.9 Å². The Morgan fingerprint density at radius 2 is 1.36 bits per heavy atom. The molecular formula is C48H76O19. The number of hydrogen-bond acceptors (Lipinski definition) is 19. The normalized spacial score (nSPS) is 55.1. The van der Waals surface area contributed by atoms with Crippen molar-refractivity contribution in [2.24, 2.45) is 56.7 Å². The highest BCUT2D eigenvalue weighted by Crippen LogP contribution is 2.77. The zero-order chi connectivity index (χ0) is 49.2. The van der Waals surface area contributed by atoms with Crippen molar-refractivity contribution in [2.75, 3.05) is 13.2 Å². The molecule has 0 amide bonds. The van der Waals surface area contributed by atoms with Crippen molar-refractivity contribution in [2.45, 2.75) is 204 Å². The Labute approximate surface area is 391 Å².